The molecule has 0 aromatic heterocycles. The average molecular weight is 248 g/mol. The standard InChI is InChI=1S/C12H18FNO.ClH/c1-8-4-5-9(6-10(8)13)11(14)12(2,3)7-15;/h4-6,11,15H,7,14H2,1-3H3;1H/t11-;/m0./s1. The molecule has 16 heavy (non-hydrogen) atoms. The number of benzene rings is 1. The minimum Gasteiger partial charge on any atom is -0.396 e. The van der Waals surface area contributed by atoms with E-state index < -0.39 is 5.41 Å². The van der Waals surface area contributed by atoms with Gasteiger partial charge in [-0.2, -0.15) is 0 Å². The molecule has 0 amide bonds. The van der Waals surface area contributed by atoms with Crippen molar-refractivity contribution in [2.45, 2.75) is 26.8 Å². The van der Waals surface area contributed by atoms with Crippen LogP contribution in [0.15, 0.2) is 18.2 Å². The number of aliphatic hydroxyl groups excluding tert-OH is 1. The highest BCUT2D eigenvalue weighted by atomic mass is 35.5. The van der Waals surface area contributed by atoms with Gasteiger partial charge in [0.25, 0.3) is 0 Å². The molecule has 3 N–H and O–H groups in total. The highest BCUT2D eigenvalue weighted by molar-refractivity contribution is 5.85. The summed E-state index contributed by atoms with van der Waals surface area (Å²) in [5.41, 5.74) is 6.86. The van der Waals surface area contributed by atoms with Crippen molar-refractivity contribution < 1.29 is 9.50 Å². The number of aryl methyl sites for hydroxylation is 1. The van der Waals surface area contributed by atoms with Crippen LogP contribution in [0.3, 0.4) is 0 Å². The Balaban J connectivity index is 0.00000225. The van der Waals surface area contributed by atoms with E-state index in [1.807, 2.05) is 13.8 Å². The maximum absolute atomic E-state index is 13.3. The monoisotopic (exact) mass is 247 g/mol. The molecule has 1 aromatic rings. The number of rotatable bonds is 3. The molecule has 0 saturated heterocycles. The molecule has 0 aliphatic heterocycles. The summed E-state index contributed by atoms with van der Waals surface area (Å²) >= 11 is 0. The Hall–Kier alpha value is -0.640. The smallest absolute Gasteiger partial charge is 0.126 e. The van der Waals surface area contributed by atoms with Crippen LogP contribution in [-0.4, -0.2) is 11.7 Å². The van der Waals surface area contributed by atoms with Crippen LogP contribution in [0.5, 0.6) is 0 Å². The normalized spacial score (nSPS) is 13.1. The van der Waals surface area contributed by atoms with E-state index in [-0.39, 0.29) is 30.9 Å². The van der Waals surface area contributed by atoms with Crippen molar-refractivity contribution in [1.29, 1.82) is 0 Å². The zero-order chi connectivity index (χ0) is 11.6. The third-order valence-electron chi connectivity index (χ3n) is 2.80. The molecule has 0 heterocycles. The maximum Gasteiger partial charge on any atom is 0.126 e. The van der Waals surface area contributed by atoms with Crippen LogP contribution in [0.4, 0.5) is 4.39 Å². The molecular formula is C12H19ClFNO. The van der Waals surface area contributed by atoms with Crippen LogP contribution in [-0.2, 0) is 0 Å². The van der Waals surface area contributed by atoms with Gasteiger partial charge in [-0.05, 0) is 24.1 Å². The van der Waals surface area contributed by atoms with Gasteiger partial charge < -0.3 is 10.8 Å². The minimum absolute atomic E-state index is 0. The minimum atomic E-state index is -0.443. The van der Waals surface area contributed by atoms with Crippen molar-refractivity contribution in [1.82, 2.24) is 0 Å². The van der Waals surface area contributed by atoms with Gasteiger partial charge in [0.1, 0.15) is 5.82 Å². The van der Waals surface area contributed by atoms with E-state index in [2.05, 4.69) is 0 Å². The van der Waals surface area contributed by atoms with E-state index in [0.29, 0.717) is 5.56 Å². The predicted octanol–water partition coefficient (Wildman–Crippen LogP) is 2.57. The third-order valence-corrected chi connectivity index (χ3v) is 2.80. The van der Waals surface area contributed by atoms with Gasteiger partial charge in [0.2, 0.25) is 0 Å². The zero-order valence-electron chi connectivity index (χ0n) is 9.83. The molecule has 4 heteroatoms. The van der Waals surface area contributed by atoms with Gasteiger partial charge >= 0.3 is 0 Å². The highest BCUT2D eigenvalue weighted by Crippen LogP contribution is 2.31. The summed E-state index contributed by atoms with van der Waals surface area (Å²) in [5, 5.41) is 9.18. The van der Waals surface area contributed by atoms with Crippen LogP contribution in [0.25, 0.3) is 0 Å². The van der Waals surface area contributed by atoms with Gasteiger partial charge in [0.15, 0.2) is 0 Å². The molecule has 1 aromatic carbocycles. The Kier molecular flexibility index (Phi) is 5.39. The molecule has 0 fully saturated rings. The van der Waals surface area contributed by atoms with Crippen molar-refractivity contribution in [3.8, 4) is 0 Å². The average Bonchev–Trinajstić information content (AvgIpc) is 2.21. The topological polar surface area (TPSA) is 46.2 Å². The largest absolute Gasteiger partial charge is 0.396 e. The second-order valence-electron chi connectivity index (χ2n) is 4.63. The van der Waals surface area contributed by atoms with Gasteiger partial charge in [-0.15, -0.1) is 12.4 Å². The number of hydrogen-bond donors (Lipinski definition) is 2. The Morgan fingerprint density at radius 3 is 2.44 bits per heavy atom. The molecule has 0 aliphatic rings. The Morgan fingerprint density at radius 1 is 1.44 bits per heavy atom. The van der Waals surface area contributed by atoms with E-state index in [1.165, 1.54) is 6.07 Å². The molecule has 0 unspecified atom stereocenters. The molecule has 0 spiro atoms. The molecule has 0 aliphatic carbocycles. The molecule has 0 saturated carbocycles. The van der Waals surface area contributed by atoms with Crippen LogP contribution in [0, 0.1) is 18.2 Å². The van der Waals surface area contributed by atoms with Crippen LogP contribution < -0.4 is 5.73 Å². The first-order valence-electron chi connectivity index (χ1n) is 5.01. The van der Waals surface area contributed by atoms with Gasteiger partial charge in [-0.1, -0.05) is 26.0 Å². The van der Waals surface area contributed by atoms with Crippen LogP contribution in [0.2, 0.25) is 0 Å². The SMILES string of the molecule is Cc1ccc([C@H](N)C(C)(C)CO)cc1F.Cl. The lowest BCUT2D eigenvalue weighted by molar-refractivity contribution is 0.132. The fraction of sp³-hybridized carbons (Fsp3) is 0.500. The number of aliphatic hydroxyl groups is 1. The fourth-order valence-corrected chi connectivity index (χ4v) is 1.35. The van der Waals surface area contributed by atoms with E-state index in [4.69, 9.17) is 5.73 Å². The van der Waals surface area contributed by atoms with E-state index in [9.17, 15) is 9.50 Å². The van der Waals surface area contributed by atoms with Crippen molar-refractivity contribution in [3.05, 3.63) is 35.1 Å². The van der Waals surface area contributed by atoms with Gasteiger partial charge in [-0.3, -0.25) is 0 Å². The molecule has 1 rings (SSSR count). The van der Waals surface area contributed by atoms with Crippen LogP contribution >= 0.6 is 12.4 Å². The molecule has 1 atom stereocenters. The second kappa shape index (κ2) is 5.62. The molecule has 2 nitrogen and oxygen atoms in total. The maximum atomic E-state index is 13.3. The van der Waals surface area contributed by atoms with Crippen molar-refractivity contribution in [2.24, 2.45) is 11.1 Å². The summed E-state index contributed by atoms with van der Waals surface area (Å²) in [6, 6.07) is 4.59. The summed E-state index contributed by atoms with van der Waals surface area (Å²) in [6.07, 6.45) is 0. The van der Waals surface area contributed by atoms with Crippen molar-refractivity contribution in [2.75, 3.05) is 6.61 Å². The first kappa shape index (κ1) is 15.4. The lowest BCUT2D eigenvalue weighted by Gasteiger charge is -2.29. The van der Waals surface area contributed by atoms with Crippen molar-refractivity contribution in [3.63, 3.8) is 0 Å². The lowest BCUT2D eigenvalue weighted by Crippen LogP contribution is -2.32. The first-order chi connectivity index (χ1) is 6.88. The number of hydrogen-bond acceptors (Lipinski definition) is 2. The highest BCUT2D eigenvalue weighted by Gasteiger charge is 2.27. The molecule has 0 bridgehead atoms. The molecular weight excluding hydrogens is 229 g/mol. The number of nitrogens with two attached hydrogens (primary N) is 1. The second-order valence-corrected chi connectivity index (χ2v) is 4.63. The summed E-state index contributed by atoms with van der Waals surface area (Å²) in [5.74, 6) is -0.253. The first-order valence-corrected chi connectivity index (χ1v) is 5.01. The van der Waals surface area contributed by atoms with Gasteiger partial charge in [0.05, 0.1) is 0 Å². The van der Waals surface area contributed by atoms with Gasteiger partial charge in [-0.25, -0.2) is 4.39 Å². The zero-order valence-corrected chi connectivity index (χ0v) is 10.6. The summed E-state index contributed by atoms with van der Waals surface area (Å²) in [4.78, 5) is 0. The summed E-state index contributed by atoms with van der Waals surface area (Å²) in [6.45, 7) is 5.40. The Labute approximate surface area is 102 Å². The van der Waals surface area contributed by atoms with Gasteiger partial charge in [0, 0.05) is 18.1 Å². The number of halogens is 2. The Bertz CT molecular complexity index is 355. The third kappa shape index (κ3) is 3.17. The molecule has 92 valence electrons. The lowest BCUT2D eigenvalue weighted by atomic mass is 9.81. The molecule has 0 radical (unpaired) electrons. The Morgan fingerprint density at radius 2 is 2.00 bits per heavy atom. The van der Waals surface area contributed by atoms with E-state index in [1.54, 1.807) is 19.1 Å². The quantitative estimate of drug-likeness (QED) is 0.863. The predicted molar refractivity (Wildman–Crippen MR) is 66.2 cm³/mol. The van der Waals surface area contributed by atoms with Crippen molar-refractivity contribution >= 4 is 12.4 Å². The fourth-order valence-electron chi connectivity index (χ4n) is 1.35. The summed E-state index contributed by atoms with van der Waals surface area (Å²) in [7, 11) is 0. The van der Waals surface area contributed by atoms with Crippen LogP contribution in [0.1, 0.15) is 31.0 Å². The summed E-state index contributed by atoms with van der Waals surface area (Å²) < 4.78 is 13.3. The van der Waals surface area contributed by atoms with E-state index in [0.717, 1.165) is 5.56 Å². The van der Waals surface area contributed by atoms with E-state index >= 15 is 0 Å².